The van der Waals surface area contributed by atoms with Crippen LogP contribution in [0.1, 0.15) is 24.0 Å². The van der Waals surface area contributed by atoms with Crippen molar-refractivity contribution in [3.8, 4) is 5.75 Å². The molecule has 0 unspecified atom stereocenters. The van der Waals surface area contributed by atoms with Crippen molar-refractivity contribution in [2.75, 3.05) is 6.61 Å². The van der Waals surface area contributed by atoms with Gasteiger partial charge >= 0.3 is 0 Å². The molecule has 0 amide bonds. The van der Waals surface area contributed by atoms with Gasteiger partial charge in [-0.3, -0.25) is 0 Å². The fourth-order valence-corrected chi connectivity index (χ4v) is 1.93. The highest BCUT2D eigenvalue weighted by atomic mass is 35.5. The summed E-state index contributed by atoms with van der Waals surface area (Å²) in [6, 6.07) is 3.93. The zero-order valence-corrected chi connectivity index (χ0v) is 9.55. The topological polar surface area (TPSA) is 29.5 Å². The molecule has 82 valence electrons. The standard InChI is InChI=1S/C12H15ClO2/c1-8-6-9(4-5-14)12(11(13)7-8)15-10-2-3-10/h6-7,10,14H,2-5H2,1H3. The Bertz CT molecular complexity index is 359. The van der Waals surface area contributed by atoms with E-state index in [0.29, 0.717) is 17.5 Å². The van der Waals surface area contributed by atoms with E-state index in [-0.39, 0.29) is 6.61 Å². The largest absolute Gasteiger partial charge is 0.489 e. The Labute approximate surface area is 94.8 Å². The molecular weight excluding hydrogens is 212 g/mol. The average Bonchev–Trinajstić information content (AvgIpc) is 2.95. The quantitative estimate of drug-likeness (QED) is 0.856. The average molecular weight is 227 g/mol. The zero-order valence-electron chi connectivity index (χ0n) is 8.79. The number of rotatable bonds is 4. The lowest BCUT2D eigenvalue weighted by Gasteiger charge is -2.13. The Balaban J connectivity index is 2.29. The third kappa shape index (κ3) is 2.64. The van der Waals surface area contributed by atoms with Crippen LogP contribution in [0.5, 0.6) is 5.75 Å². The normalized spacial score (nSPS) is 15.4. The summed E-state index contributed by atoms with van der Waals surface area (Å²) in [7, 11) is 0. The number of ether oxygens (including phenoxy) is 1. The lowest BCUT2D eigenvalue weighted by molar-refractivity contribution is 0.282. The molecule has 15 heavy (non-hydrogen) atoms. The predicted molar refractivity (Wildman–Crippen MR) is 60.6 cm³/mol. The molecule has 0 radical (unpaired) electrons. The van der Waals surface area contributed by atoms with Crippen molar-refractivity contribution in [1.82, 2.24) is 0 Å². The fraction of sp³-hybridized carbons (Fsp3) is 0.500. The van der Waals surface area contributed by atoms with Crippen LogP contribution in [-0.4, -0.2) is 17.8 Å². The van der Waals surface area contributed by atoms with Gasteiger partial charge in [0.15, 0.2) is 0 Å². The molecule has 1 aliphatic rings. The molecule has 2 nitrogen and oxygen atoms in total. The number of benzene rings is 1. The first kappa shape index (κ1) is 10.8. The second kappa shape index (κ2) is 4.42. The van der Waals surface area contributed by atoms with E-state index in [0.717, 1.165) is 29.7 Å². The summed E-state index contributed by atoms with van der Waals surface area (Å²) in [5.41, 5.74) is 2.11. The fourth-order valence-electron chi connectivity index (χ4n) is 1.59. The summed E-state index contributed by atoms with van der Waals surface area (Å²) in [6.45, 7) is 2.12. The summed E-state index contributed by atoms with van der Waals surface area (Å²) in [5, 5.41) is 9.63. The first-order valence-corrected chi connectivity index (χ1v) is 5.65. The van der Waals surface area contributed by atoms with Crippen LogP contribution in [0.25, 0.3) is 0 Å². The van der Waals surface area contributed by atoms with E-state index in [4.69, 9.17) is 21.4 Å². The van der Waals surface area contributed by atoms with Crippen LogP contribution in [0.15, 0.2) is 12.1 Å². The lowest BCUT2D eigenvalue weighted by Crippen LogP contribution is -2.02. The SMILES string of the molecule is Cc1cc(Cl)c(OC2CC2)c(CCO)c1. The Hall–Kier alpha value is -0.730. The van der Waals surface area contributed by atoms with Gasteiger partial charge in [0.2, 0.25) is 0 Å². The monoisotopic (exact) mass is 226 g/mol. The summed E-state index contributed by atoms with van der Waals surface area (Å²) >= 11 is 6.14. The minimum atomic E-state index is 0.126. The molecule has 1 aromatic carbocycles. The van der Waals surface area contributed by atoms with Crippen molar-refractivity contribution < 1.29 is 9.84 Å². The first-order chi connectivity index (χ1) is 7.20. The van der Waals surface area contributed by atoms with Gasteiger partial charge in [0.1, 0.15) is 5.75 Å². The Kier molecular flexibility index (Phi) is 3.17. The Morgan fingerprint density at radius 1 is 1.47 bits per heavy atom. The second-order valence-electron chi connectivity index (χ2n) is 4.03. The molecule has 2 rings (SSSR count). The zero-order chi connectivity index (χ0) is 10.8. The molecular formula is C12H15ClO2. The van der Waals surface area contributed by atoms with Crippen molar-refractivity contribution in [2.45, 2.75) is 32.3 Å². The molecule has 0 aliphatic heterocycles. The maximum Gasteiger partial charge on any atom is 0.141 e. The molecule has 1 N–H and O–H groups in total. The highest BCUT2D eigenvalue weighted by Gasteiger charge is 2.25. The van der Waals surface area contributed by atoms with Crippen molar-refractivity contribution in [2.24, 2.45) is 0 Å². The van der Waals surface area contributed by atoms with Crippen LogP contribution in [0, 0.1) is 6.92 Å². The number of aliphatic hydroxyl groups is 1. The van der Waals surface area contributed by atoms with Crippen LogP contribution < -0.4 is 4.74 Å². The number of aryl methyl sites for hydroxylation is 1. The molecule has 0 atom stereocenters. The third-order valence-corrected chi connectivity index (χ3v) is 2.74. The molecule has 1 saturated carbocycles. The number of halogens is 1. The summed E-state index contributed by atoms with van der Waals surface area (Å²) < 4.78 is 5.75. The van der Waals surface area contributed by atoms with Gasteiger partial charge in [0.05, 0.1) is 11.1 Å². The third-order valence-electron chi connectivity index (χ3n) is 2.45. The van der Waals surface area contributed by atoms with Crippen molar-refractivity contribution in [3.63, 3.8) is 0 Å². The molecule has 1 aliphatic carbocycles. The first-order valence-electron chi connectivity index (χ1n) is 5.27. The Morgan fingerprint density at radius 2 is 2.20 bits per heavy atom. The minimum absolute atomic E-state index is 0.126. The van der Waals surface area contributed by atoms with E-state index in [2.05, 4.69) is 0 Å². The maximum absolute atomic E-state index is 8.98. The van der Waals surface area contributed by atoms with E-state index in [9.17, 15) is 0 Å². The summed E-state index contributed by atoms with van der Waals surface area (Å²) in [6.07, 6.45) is 3.16. The lowest BCUT2D eigenvalue weighted by atomic mass is 10.1. The Morgan fingerprint density at radius 3 is 2.80 bits per heavy atom. The van der Waals surface area contributed by atoms with E-state index in [1.165, 1.54) is 0 Å². The summed E-state index contributed by atoms with van der Waals surface area (Å²) in [4.78, 5) is 0. The molecule has 0 bridgehead atoms. The van der Waals surface area contributed by atoms with Gasteiger partial charge in [0.25, 0.3) is 0 Å². The molecule has 1 aromatic rings. The highest BCUT2D eigenvalue weighted by Crippen LogP contribution is 2.35. The molecule has 0 heterocycles. The van der Waals surface area contributed by atoms with Gasteiger partial charge < -0.3 is 9.84 Å². The van der Waals surface area contributed by atoms with Crippen molar-refractivity contribution in [3.05, 3.63) is 28.3 Å². The van der Waals surface area contributed by atoms with Gasteiger partial charge in [-0.15, -0.1) is 0 Å². The van der Waals surface area contributed by atoms with E-state index < -0.39 is 0 Å². The molecule has 3 heteroatoms. The van der Waals surface area contributed by atoms with Crippen LogP contribution in [0.2, 0.25) is 5.02 Å². The molecule has 0 saturated heterocycles. The van der Waals surface area contributed by atoms with Crippen molar-refractivity contribution in [1.29, 1.82) is 0 Å². The van der Waals surface area contributed by atoms with Crippen molar-refractivity contribution >= 4 is 11.6 Å². The van der Waals surface area contributed by atoms with Crippen LogP contribution in [-0.2, 0) is 6.42 Å². The smallest absolute Gasteiger partial charge is 0.141 e. The van der Waals surface area contributed by atoms with Crippen LogP contribution in [0.4, 0.5) is 0 Å². The number of hydrogen-bond donors (Lipinski definition) is 1. The van der Waals surface area contributed by atoms with Gasteiger partial charge in [-0.25, -0.2) is 0 Å². The number of hydrogen-bond acceptors (Lipinski definition) is 2. The molecule has 0 spiro atoms. The van der Waals surface area contributed by atoms with Gasteiger partial charge in [-0.1, -0.05) is 17.7 Å². The van der Waals surface area contributed by atoms with Gasteiger partial charge in [-0.05, 0) is 43.4 Å². The maximum atomic E-state index is 8.98. The van der Waals surface area contributed by atoms with E-state index in [1.54, 1.807) is 0 Å². The van der Waals surface area contributed by atoms with E-state index in [1.807, 2.05) is 19.1 Å². The highest BCUT2D eigenvalue weighted by molar-refractivity contribution is 6.32. The summed E-state index contributed by atoms with van der Waals surface area (Å²) in [5.74, 6) is 0.763. The minimum Gasteiger partial charge on any atom is -0.489 e. The van der Waals surface area contributed by atoms with E-state index >= 15 is 0 Å². The number of aliphatic hydroxyl groups excluding tert-OH is 1. The van der Waals surface area contributed by atoms with Crippen LogP contribution >= 0.6 is 11.6 Å². The predicted octanol–water partition coefficient (Wildman–Crippen LogP) is 2.72. The second-order valence-corrected chi connectivity index (χ2v) is 4.43. The van der Waals surface area contributed by atoms with Crippen LogP contribution in [0.3, 0.4) is 0 Å². The molecule has 0 aromatic heterocycles. The van der Waals surface area contributed by atoms with Gasteiger partial charge in [-0.2, -0.15) is 0 Å². The van der Waals surface area contributed by atoms with Gasteiger partial charge in [0, 0.05) is 6.61 Å². The molecule has 1 fully saturated rings.